The van der Waals surface area contributed by atoms with Crippen molar-refractivity contribution < 1.29 is 9.36 Å². The van der Waals surface area contributed by atoms with Gasteiger partial charge in [-0.3, -0.25) is 4.79 Å². The lowest BCUT2D eigenvalue weighted by molar-refractivity contribution is -0.689. The number of ketones is 1. The van der Waals surface area contributed by atoms with Crippen LogP contribution in [-0.2, 0) is 13.1 Å². The van der Waals surface area contributed by atoms with Gasteiger partial charge in [0.25, 0.3) is 0 Å². The third kappa shape index (κ3) is 4.37. The molecule has 3 nitrogen and oxygen atoms in total. The van der Waals surface area contributed by atoms with E-state index in [-0.39, 0.29) is 5.78 Å². The van der Waals surface area contributed by atoms with Crippen LogP contribution < -0.4 is 9.88 Å². The summed E-state index contributed by atoms with van der Waals surface area (Å²) in [6, 6.07) is 20.3. The quantitative estimate of drug-likeness (QED) is 0.531. The van der Waals surface area contributed by atoms with Crippen LogP contribution in [0, 0.1) is 20.8 Å². The Balaban J connectivity index is 1.67. The van der Waals surface area contributed by atoms with Gasteiger partial charge in [-0.2, -0.15) is 4.57 Å². The number of aromatic nitrogens is 1. The standard InChI is InChI=1S/C23H24N2O/c1-17-9-10-21(13-18(17)2)23(26)16-25-12-11-22(14-19(25)3)24-15-20-7-5-4-6-8-20/h4-14H,15-16H2,1-3H3/p+1. The average Bonchev–Trinajstić information content (AvgIpc) is 2.65. The molecule has 0 bridgehead atoms. The first-order valence-electron chi connectivity index (χ1n) is 8.91. The van der Waals surface area contributed by atoms with Gasteiger partial charge >= 0.3 is 0 Å². The summed E-state index contributed by atoms with van der Waals surface area (Å²) in [6.07, 6.45) is 1.97. The topological polar surface area (TPSA) is 33.0 Å². The van der Waals surface area contributed by atoms with Crippen molar-refractivity contribution in [2.24, 2.45) is 0 Å². The Bertz CT molecular complexity index is 917. The molecule has 26 heavy (non-hydrogen) atoms. The van der Waals surface area contributed by atoms with Crippen molar-refractivity contribution in [3.8, 4) is 0 Å². The zero-order valence-electron chi connectivity index (χ0n) is 15.6. The highest BCUT2D eigenvalue weighted by Crippen LogP contribution is 2.12. The van der Waals surface area contributed by atoms with Crippen LogP contribution in [0.2, 0.25) is 0 Å². The molecule has 0 saturated heterocycles. The molecule has 0 fully saturated rings. The molecule has 2 aromatic carbocycles. The van der Waals surface area contributed by atoms with E-state index in [9.17, 15) is 4.79 Å². The number of carbonyl (C=O) groups excluding carboxylic acids is 1. The van der Waals surface area contributed by atoms with Gasteiger partial charge in [-0.25, -0.2) is 0 Å². The van der Waals surface area contributed by atoms with Gasteiger partial charge in [0.15, 0.2) is 11.9 Å². The minimum absolute atomic E-state index is 0.131. The minimum atomic E-state index is 0.131. The number of pyridine rings is 1. The molecular formula is C23H25N2O+. The van der Waals surface area contributed by atoms with Gasteiger partial charge in [0, 0.05) is 36.9 Å². The predicted octanol–water partition coefficient (Wildman–Crippen LogP) is 4.39. The van der Waals surface area contributed by atoms with Crippen LogP contribution >= 0.6 is 0 Å². The number of benzene rings is 2. The molecular weight excluding hydrogens is 320 g/mol. The van der Waals surface area contributed by atoms with Crippen LogP contribution in [0.3, 0.4) is 0 Å². The number of hydrogen-bond acceptors (Lipinski definition) is 2. The Morgan fingerprint density at radius 3 is 2.38 bits per heavy atom. The molecule has 0 amide bonds. The van der Waals surface area contributed by atoms with E-state index in [0.29, 0.717) is 6.54 Å². The third-order valence-corrected chi connectivity index (χ3v) is 4.73. The zero-order valence-corrected chi connectivity index (χ0v) is 15.6. The van der Waals surface area contributed by atoms with Gasteiger partial charge in [0.1, 0.15) is 0 Å². The second kappa shape index (κ2) is 7.96. The Hall–Kier alpha value is -2.94. The number of rotatable bonds is 6. The molecule has 0 radical (unpaired) electrons. The number of aryl methyl sites for hydroxylation is 3. The van der Waals surface area contributed by atoms with Crippen LogP contribution in [0.25, 0.3) is 0 Å². The van der Waals surface area contributed by atoms with E-state index < -0.39 is 0 Å². The van der Waals surface area contributed by atoms with Crippen molar-refractivity contribution in [2.75, 3.05) is 5.32 Å². The first-order chi connectivity index (χ1) is 12.5. The highest BCUT2D eigenvalue weighted by molar-refractivity contribution is 5.95. The molecule has 0 unspecified atom stereocenters. The van der Waals surface area contributed by atoms with Crippen molar-refractivity contribution in [2.45, 2.75) is 33.9 Å². The molecule has 0 saturated carbocycles. The fraction of sp³-hybridized carbons (Fsp3) is 0.217. The van der Waals surface area contributed by atoms with Crippen molar-refractivity contribution in [1.29, 1.82) is 0 Å². The maximum atomic E-state index is 12.6. The van der Waals surface area contributed by atoms with E-state index in [0.717, 1.165) is 29.1 Å². The van der Waals surface area contributed by atoms with Crippen LogP contribution in [0.4, 0.5) is 5.69 Å². The second-order valence-electron chi connectivity index (χ2n) is 6.75. The Kier molecular flexibility index (Phi) is 5.47. The molecule has 3 heteroatoms. The molecule has 0 aliphatic heterocycles. The summed E-state index contributed by atoms with van der Waals surface area (Å²) in [7, 11) is 0. The molecule has 0 atom stereocenters. The summed E-state index contributed by atoms with van der Waals surface area (Å²) >= 11 is 0. The minimum Gasteiger partial charge on any atom is -0.381 e. The van der Waals surface area contributed by atoms with Gasteiger partial charge in [0.2, 0.25) is 12.3 Å². The lowest BCUT2D eigenvalue weighted by Crippen LogP contribution is -2.40. The summed E-state index contributed by atoms with van der Waals surface area (Å²) in [5.74, 6) is 0.131. The molecule has 1 heterocycles. The van der Waals surface area contributed by atoms with E-state index in [1.807, 2.05) is 67.1 Å². The molecule has 3 rings (SSSR count). The summed E-state index contributed by atoms with van der Waals surface area (Å²) < 4.78 is 1.99. The number of Topliss-reactive ketones (excluding diaryl/α,β-unsaturated/α-hetero) is 1. The Morgan fingerprint density at radius 2 is 1.69 bits per heavy atom. The lowest BCUT2D eigenvalue weighted by Gasteiger charge is -2.08. The molecule has 1 N–H and O–H groups in total. The summed E-state index contributed by atoms with van der Waals surface area (Å²) in [4.78, 5) is 12.6. The highest BCUT2D eigenvalue weighted by Gasteiger charge is 2.15. The molecule has 0 aliphatic carbocycles. The first kappa shape index (κ1) is 17.9. The third-order valence-electron chi connectivity index (χ3n) is 4.73. The van der Waals surface area contributed by atoms with Crippen LogP contribution in [0.5, 0.6) is 0 Å². The number of anilines is 1. The highest BCUT2D eigenvalue weighted by atomic mass is 16.1. The van der Waals surface area contributed by atoms with E-state index >= 15 is 0 Å². The maximum Gasteiger partial charge on any atom is 0.227 e. The van der Waals surface area contributed by atoms with E-state index in [1.54, 1.807) is 0 Å². The molecule has 132 valence electrons. The van der Waals surface area contributed by atoms with Crippen LogP contribution in [-0.4, -0.2) is 5.78 Å². The van der Waals surface area contributed by atoms with Crippen molar-refractivity contribution in [3.63, 3.8) is 0 Å². The van der Waals surface area contributed by atoms with Gasteiger partial charge in [-0.15, -0.1) is 0 Å². The van der Waals surface area contributed by atoms with Gasteiger partial charge in [0.05, 0.1) is 0 Å². The molecule has 1 aromatic heterocycles. The Labute approximate surface area is 155 Å². The van der Waals surface area contributed by atoms with Crippen molar-refractivity contribution in [3.05, 3.63) is 94.8 Å². The summed E-state index contributed by atoms with van der Waals surface area (Å²) in [6.45, 7) is 7.27. The van der Waals surface area contributed by atoms with Gasteiger partial charge in [-0.1, -0.05) is 42.5 Å². The first-order valence-corrected chi connectivity index (χ1v) is 8.91. The fourth-order valence-electron chi connectivity index (χ4n) is 2.89. The van der Waals surface area contributed by atoms with E-state index in [1.165, 1.54) is 11.1 Å². The number of nitrogens with zero attached hydrogens (tertiary/aromatic N) is 1. The lowest BCUT2D eigenvalue weighted by atomic mass is 10.0. The SMILES string of the molecule is Cc1ccc(C(=O)C[n+]2ccc(NCc3ccccc3)cc2C)cc1C. The molecule has 0 aliphatic rings. The van der Waals surface area contributed by atoms with Gasteiger partial charge in [-0.05, 0) is 36.6 Å². The van der Waals surface area contributed by atoms with E-state index in [2.05, 4.69) is 30.4 Å². The predicted molar refractivity (Wildman–Crippen MR) is 105 cm³/mol. The van der Waals surface area contributed by atoms with Crippen molar-refractivity contribution in [1.82, 2.24) is 0 Å². The number of carbonyl (C=O) groups is 1. The monoisotopic (exact) mass is 345 g/mol. The largest absolute Gasteiger partial charge is 0.381 e. The normalized spacial score (nSPS) is 10.6. The Morgan fingerprint density at radius 1 is 0.923 bits per heavy atom. The average molecular weight is 345 g/mol. The van der Waals surface area contributed by atoms with Crippen LogP contribution in [0.1, 0.15) is 32.7 Å². The van der Waals surface area contributed by atoms with E-state index in [4.69, 9.17) is 0 Å². The summed E-state index contributed by atoms with van der Waals surface area (Å²) in [5, 5.41) is 3.43. The van der Waals surface area contributed by atoms with Gasteiger partial charge < -0.3 is 5.32 Å². The number of nitrogens with one attached hydrogen (secondary N) is 1. The summed E-state index contributed by atoms with van der Waals surface area (Å²) in [5.41, 5.74) is 6.48. The smallest absolute Gasteiger partial charge is 0.227 e. The number of hydrogen-bond donors (Lipinski definition) is 1. The molecule has 0 spiro atoms. The molecule has 3 aromatic rings. The fourth-order valence-corrected chi connectivity index (χ4v) is 2.89. The van der Waals surface area contributed by atoms with Crippen molar-refractivity contribution >= 4 is 11.5 Å². The maximum absolute atomic E-state index is 12.6. The van der Waals surface area contributed by atoms with Crippen LogP contribution in [0.15, 0.2) is 66.9 Å². The second-order valence-corrected chi connectivity index (χ2v) is 6.75. The zero-order chi connectivity index (χ0) is 18.5.